The highest BCUT2D eigenvalue weighted by molar-refractivity contribution is 5.87. The summed E-state index contributed by atoms with van der Waals surface area (Å²) in [7, 11) is 0. The van der Waals surface area contributed by atoms with Crippen LogP contribution in [0.5, 0.6) is 0 Å². The van der Waals surface area contributed by atoms with Crippen molar-refractivity contribution < 1.29 is 27.5 Å². The van der Waals surface area contributed by atoms with Crippen LogP contribution in [0.2, 0.25) is 0 Å². The highest BCUT2D eigenvalue weighted by Crippen LogP contribution is 2.16. The minimum atomic E-state index is -5.09. The van der Waals surface area contributed by atoms with Crippen molar-refractivity contribution in [2.24, 2.45) is 5.73 Å². The summed E-state index contributed by atoms with van der Waals surface area (Å²) in [5.74, 6) is -3.11. The molecule has 0 saturated carbocycles. The van der Waals surface area contributed by atoms with Crippen molar-refractivity contribution in [1.29, 1.82) is 0 Å². The van der Waals surface area contributed by atoms with E-state index < -0.39 is 30.7 Å². The average molecular weight is 254 g/mol. The number of likely N-dealkylation sites (tertiary alicyclic amines) is 1. The van der Waals surface area contributed by atoms with Crippen LogP contribution in [0.1, 0.15) is 12.8 Å². The SMILES string of the molecule is NC(C(=O)COC(=O)C(F)(F)F)N1CCCC1. The van der Waals surface area contributed by atoms with Gasteiger partial charge in [0.15, 0.2) is 6.61 Å². The molecule has 0 spiro atoms. The van der Waals surface area contributed by atoms with Gasteiger partial charge in [-0.25, -0.2) is 4.79 Å². The van der Waals surface area contributed by atoms with Gasteiger partial charge in [0.2, 0.25) is 5.78 Å². The quantitative estimate of drug-likeness (QED) is 0.717. The van der Waals surface area contributed by atoms with Gasteiger partial charge in [-0.3, -0.25) is 9.69 Å². The van der Waals surface area contributed by atoms with Crippen LogP contribution in [0.15, 0.2) is 0 Å². The summed E-state index contributed by atoms with van der Waals surface area (Å²) in [5, 5.41) is 0. The number of Topliss-reactive ketones (excluding diaryl/α,β-unsaturated/α-hetero) is 1. The number of ketones is 1. The fraction of sp³-hybridized carbons (Fsp3) is 0.778. The Hall–Kier alpha value is -1.15. The summed E-state index contributed by atoms with van der Waals surface area (Å²) in [4.78, 5) is 23.4. The molecular weight excluding hydrogens is 241 g/mol. The maximum atomic E-state index is 11.8. The normalized spacial score (nSPS) is 19.1. The lowest BCUT2D eigenvalue weighted by Gasteiger charge is -2.21. The van der Waals surface area contributed by atoms with Crippen LogP contribution >= 0.6 is 0 Å². The molecule has 5 nitrogen and oxygen atoms in total. The van der Waals surface area contributed by atoms with Gasteiger partial charge in [0, 0.05) is 13.1 Å². The number of rotatable bonds is 4. The Morgan fingerprint density at radius 3 is 2.29 bits per heavy atom. The van der Waals surface area contributed by atoms with E-state index in [1.807, 2.05) is 0 Å². The number of ether oxygens (including phenoxy) is 1. The largest absolute Gasteiger partial charge is 0.490 e. The van der Waals surface area contributed by atoms with Crippen LogP contribution in [0, 0.1) is 0 Å². The third kappa shape index (κ3) is 3.97. The van der Waals surface area contributed by atoms with Crippen LogP contribution < -0.4 is 5.73 Å². The number of hydrogen-bond donors (Lipinski definition) is 1. The lowest BCUT2D eigenvalue weighted by molar-refractivity contribution is -0.200. The van der Waals surface area contributed by atoms with Crippen molar-refractivity contribution in [3.8, 4) is 0 Å². The van der Waals surface area contributed by atoms with Crippen molar-refractivity contribution in [2.45, 2.75) is 25.2 Å². The van der Waals surface area contributed by atoms with Crippen molar-refractivity contribution in [3.05, 3.63) is 0 Å². The first-order valence-corrected chi connectivity index (χ1v) is 5.08. The van der Waals surface area contributed by atoms with Gasteiger partial charge in [-0.05, 0) is 12.8 Å². The summed E-state index contributed by atoms with van der Waals surface area (Å²) in [6, 6.07) is 0. The van der Waals surface area contributed by atoms with Crippen molar-refractivity contribution in [2.75, 3.05) is 19.7 Å². The lowest BCUT2D eigenvalue weighted by Crippen LogP contribution is -2.48. The van der Waals surface area contributed by atoms with Crippen LogP contribution in [0.3, 0.4) is 0 Å². The lowest BCUT2D eigenvalue weighted by atomic mass is 10.3. The molecule has 0 bridgehead atoms. The Kier molecular flexibility index (Phi) is 4.47. The molecule has 1 aliphatic rings. The van der Waals surface area contributed by atoms with Gasteiger partial charge in [0.1, 0.15) is 6.17 Å². The summed E-state index contributed by atoms with van der Waals surface area (Å²) < 4.78 is 39.2. The molecule has 17 heavy (non-hydrogen) atoms. The van der Waals surface area contributed by atoms with E-state index in [1.165, 1.54) is 0 Å². The molecule has 1 heterocycles. The molecule has 0 aliphatic carbocycles. The number of alkyl halides is 3. The molecule has 2 N–H and O–H groups in total. The summed E-state index contributed by atoms with van der Waals surface area (Å²) >= 11 is 0. The second-order valence-electron chi connectivity index (χ2n) is 3.73. The van der Waals surface area contributed by atoms with Gasteiger partial charge in [0.25, 0.3) is 0 Å². The summed E-state index contributed by atoms with van der Waals surface area (Å²) in [6.07, 6.45) is -4.30. The minimum absolute atomic E-state index is 0.625. The number of esters is 1. The van der Waals surface area contributed by atoms with E-state index in [4.69, 9.17) is 5.73 Å². The zero-order valence-corrected chi connectivity index (χ0v) is 9.00. The van der Waals surface area contributed by atoms with Gasteiger partial charge in [-0.15, -0.1) is 0 Å². The number of hydrogen-bond acceptors (Lipinski definition) is 5. The molecule has 1 saturated heterocycles. The van der Waals surface area contributed by atoms with Crippen molar-refractivity contribution in [1.82, 2.24) is 4.90 Å². The van der Waals surface area contributed by atoms with Crippen LogP contribution in [-0.2, 0) is 14.3 Å². The number of nitrogens with zero attached hydrogens (tertiary/aromatic N) is 1. The predicted octanol–water partition coefficient (Wildman–Crippen LogP) is 0.0416. The molecule has 1 fully saturated rings. The zero-order chi connectivity index (χ0) is 13.1. The maximum Gasteiger partial charge on any atom is 0.490 e. The first-order chi connectivity index (χ1) is 7.82. The van der Waals surface area contributed by atoms with E-state index in [1.54, 1.807) is 4.90 Å². The van der Waals surface area contributed by atoms with Crippen LogP contribution in [0.4, 0.5) is 13.2 Å². The average Bonchev–Trinajstić information content (AvgIpc) is 2.76. The van der Waals surface area contributed by atoms with Gasteiger partial charge in [0.05, 0.1) is 0 Å². The zero-order valence-electron chi connectivity index (χ0n) is 9.00. The fourth-order valence-corrected chi connectivity index (χ4v) is 1.53. The van der Waals surface area contributed by atoms with E-state index in [9.17, 15) is 22.8 Å². The monoisotopic (exact) mass is 254 g/mol. The van der Waals surface area contributed by atoms with Gasteiger partial charge in [-0.1, -0.05) is 0 Å². The number of halogens is 3. The molecule has 1 unspecified atom stereocenters. The van der Waals surface area contributed by atoms with Crippen molar-refractivity contribution >= 4 is 11.8 Å². The maximum absolute atomic E-state index is 11.8. The molecule has 0 aromatic carbocycles. The highest BCUT2D eigenvalue weighted by Gasteiger charge is 2.41. The van der Waals surface area contributed by atoms with Crippen molar-refractivity contribution in [3.63, 3.8) is 0 Å². The topological polar surface area (TPSA) is 72.6 Å². The molecular formula is C9H13F3N2O3. The Morgan fingerprint density at radius 1 is 1.29 bits per heavy atom. The van der Waals surface area contributed by atoms with E-state index in [-0.39, 0.29) is 0 Å². The van der Waals surface area contributed by atoms with Crippen LogP contribution in [-0.4, -0.2) is 48.7 Å². The third-order valence-electron chi connectivity index (χ3n) is 2.44. The minimum Gasteiger partial charge on any atom is -0.451 e. The Bertz CT molecular complexity index is 300. The highest BCUT2D eigenvalue weighted by atomic mass is 19.4. The first kappa shape index (κ1) is 13.9. The molecule has 1 aliphatic heterocycles. The second-order valence-corrected chi connectivity index (χ2v) is 3.73. The van der Waals surface area contributed by atoms with E-state index in [2.05, 4.69) is 4.74 Å². The molecule has 1 rings (SSSR count). The fourth-order valence-electron chi connectivity index (χ4n) is 1.53. The molecule has 0 amide bonds. The van der Waals surface area contributed by atoms with Gasteiger partial charge < -0.3 is 10.5 Å². The molecule has 0 radical (unpaired) electrons. The molecule has 0 aromatic rings. The Morgan fingerprint density at radius 2 is 1.82 bits per heavy atom. The van der Waals surface area contributed by atoms with E-state index >= 15 is 0 Å². The third-order valence-corrected chi connectivity index (χ3v) is 2.44. The second kappa shape index (κ2) is 5.46. The van der Waals surface area contributed by atoms with Crippen LogP contribution in [0.25, 0.3) is 0 Å². The number of carbonyl (C=O) groups excluding carboxylic acids is 2. The Balaban J connectivity index is 2.36. The number of carbonyl (C=O) groups is 2. The predicted molar refractivity (Wildman–Crippen MR) is 50.8 cm³/mol. The van der Waals surface area contributed by atoms with Gasteiger partial charge >= 0.3 is 12.1 Å². The summed E-state index contributed by atoms with van der Waals surface area (Å²) in [5.41, 5.74) is 5.52. The first-order valence-electron chi connectivity index (χ1n) is 5.08. The molecule has 8 heteroatoms. The van der Waals surface area contributed by atoms with Gasteiger partial charge in [-0.2, -0.15) is 13.2 Å². The summed E-state index contributed by atoms with van der Waals surface area (Å²) in [6.45, 7) is 0.302. The molecule has 0 aromatic heterocycles. The molecule has 98 valence electrons. The smallest absolute Gasteiger partial charge is 0.451 e. The standard InChI is InChI=1S/C9H13F3N2O3/c10-9(11,12)8(16)17-5-6(15)7(13)14-3-1-2-4-14/h7H,1-5,13H2. The molecule has 1 atom stereocenters. The van der Waals surface area contributed by atoms with E-state index in [0.29, 0.717) is 13.1 Å². The van der Waals surface area contributed by atoms with E-state index in [0.717, 1.165) is 12.8 Å². The Labute approximate surface area is 95.7 Å². The number of nitrogens with two attached hydrogens (primary N) is 1.